The summed E-state index contributed by atoms with van der Waals surface area (Å²) in [6, 6.07) is 1.24. The van der Waals surface area contributed by atoms with Gasteiger partial charge >= 0.3 is 0 Å². The molecule has 1 aromatic rings. The molecular weight excluding hydrogens is 188 g/mol. The van der Waals surface area contributed by atoms with Crippen molar-refractivity contribution in [3.8, 4) is 0 Å². The Morgan fingerprint density at radius 1 is 1.57 bits per heavy atom. The molecular formula is C9H13F2N3. The second-order valence-electron chi connectivity index (χ2n) is 3.62. The molecule has 14 heavy (non-hydrogen) atoms. The minimum Gasteiger partial charge on any atom is -0.301 e. The molecule has 0 saturated carbocycles. The summed E-state index contributed by atoms with van der Waals surface area (Å²) >= 11 is 0. The highest BCUT2D eigenvalue weighted by Crippen LogP contribution is 2.28. The Hall–Kier alpha value is -0.970. The maximum absolute atomic E-state index is 12.4. The van der Waals surface area contributed by atoms with Gasteiger partial charge < -0.3 is 5.32 Å². The maximum Gasteiger partial charge on any atom is 0.253 e. The van der Waals surface area contributed by atoms with Gasteiger partial charge in [0.25, 0.3) is 6.43 Å². The lowest BCUT2D eigenvalue weighted by molar-refractivity contribution is 0.105. The molecule has 1 saturated heterocycles. The summed E-state index contributed by atoms with van der Waals surface area (Å²) in [4.78, 5) is 0. The van der Waals surface area contributed by atoms with E-state index in [4.69, 9.17) is 0 Å². The van der Waals surface area contributed by atoms with Gasteiger partial charge in [-0.15, -0.1) is 0 Å². The lowest BCUT2D eigenvalue weighted by atomic mass is 10.1. The lowest BCUT2D eigenvalue weighted by Crippen LogP contribution is -2.31. The zero-order valence-corrected chi connectivity index (χ0v) is 7.95. The molecule has 1 fully saturated rings. The second kappa shape index (κ2) is 3.65. The zero-order valence-electron chi connectivity index (χ0n) is 7.95. The first-order valence-electron chi connectivity index (χ1n) is 4.70. The fourth-order valence-corrected chi connectivity index (χ4v) is 1.93. The molecule has 2 unspecified atom stereocenters. The predicted molar refractivity (Wildman–Crippen MR) is 48.1 cm³/mol. The van der Waals surface area contributed by atoms with Crippen molar-refractivity contribution in [2.24, 2.45) is 7.05 Å². The molecule has 1 aliphatic rings. The third kappa shape index (κ3) is 1.64. The van der Waals surface area contributed by atoms with Crippen LogP contribution in [0.25, 0.3) is 0 Å². The molecule has 2 rings (SSSR count). The fraction of sp³-hybridized carbons (Fsp3) is 0.667. The Bertz CT molecular complexity index is 311. The van der Waals surface area contributed by atoms with E-state index >= 15 is 0 Å². The highest BCUT2D eigenvalue weighted by molar-refractivity contribution is 5.09. The molecule has 1 N–H and O–H groups in total. The first kappa shape index (κ1) is 9.58. The molecule has 5 heteroatoms. The van der Waals surface area contributed by atoms with Crippen LogP contribution >= 0.6 is 0 Å². The van der Waals surface area contributed by atoms with Gasteiger partial charge in [0.15, 0.2) is 0 Å². The Labute approximate surface area is 81.1 Å². The normalized spacial score (nSPS) is 27.4. The van der Waals surface area contributed by atoms with Crippen molar-refractivity contribution in [3.63, 3.8) is 0 Å². The van der Waals surface area contributed by atoms with E-state index in [2.05, 4.69) is 10.4 Å². The van der Waals surface area contributed by atoms with Crippen molar-refractivity contribution >= 4 is 0 Å². The quantitative estimate of drug-likeness (QED) is 0.785. The third-order valence-corrected chi connectivity index (χ3v) is 2.70. The maximum atomic E-state index is 12.4. The Kier molecular flexibility index (Phi) is 2.50. The Balaban J connectivity index is 2.06. The average molecular weight is 201 g/mol. The lowest BCUT2D eigenvalue weighted by Gasteiger charge is -2.13. The van der Waals surface area contributed by atoms with Crippen LogP contribution in [-0.2, 0) is 7.05 Å². The second-order valence-corrected chi connectivity index (χ2v) is 3.62. The Morgan fingerprint density at radius 3 is 2.86 bits per heavy atom. The van der Waals surface area contributed by atoms with Gasteiger partial charge in [-0.2, -0.15) is 5.10 Å². The van der Waals surface area contributed by atoms with Crippen LogP contribution in [0, 0.1) is 0 Å². The number of hydrogen-bond acceptors (Lipinski definition) is 2. The number of rotatable bonds is 2. The van der Waals surface area contributed by atoms with Crippen molar-refractivity contribution in [1.29, 1.82) is 0 Å². The molecule has 0 bridgehead atoms. The fourth-order valence-electron chi connectivity index (χ4n) is 1.93. The minimum absolute atomic E-state index is 0.0292. The zero-order chi connectivity index (χ0) is 10.1. The van der Waals surface area contributed by atoms with Gasteiger partial charge in [-0.25, -0.2) is 8.78 Å². The van der Waals surface area contributed by atoms with Gasteiger partial charge in [0.05, 0.1) is 11.7 Å². The third-order valence-electron chi connectivity index (χ3n) is 2.70. The summed E-state index contributed by atoms with van der Waals surface area (Å²) in [7, 11) is 1.83. The monoisotopic (exact) mass is 201 g/mol. The molecule has 3 nitrogen and oxygen atoms in total. The summed E-state index contributed by atoms with van der Waals surface area (Å²) in [5.41, 5.74) is 0.980. The van der Waals surface area contributed by atoms with Crippen LogP contribution in [0.1, 0.15) is 24.6 Å². The van der Waals surface area contributed by atoms with Crippen LogP contribution in [0.5, 0.6) is 0 Å². The summed E-state index contributed by atoms with van der Waals surface area (Å²) in [6.07, 6.45) is 0.711. The van der Waals surface area contributed by atoms with Gasteiger partial charge in [0.2, 0.25) is 0 Å². The standard InChI is InChI=1S/C9H13F2N3/c1-14-8(4-5-12-14)6-2-3-7(13-6)9(10)11/h4-7,9,13H,2-3H2,1H3. The topological polar surface area (TPSA) is 29.9 Å². The predicted octanol–water partition coefficient (Wildman–Crippen LogP) is 1.48. The number of aromatic nitrogens is 2. The number of alkyl halides is 2. The van der Waals surface area contributed by atoms with E-state index in [9.17, 15) is 8.78 Å². The molecule has 78 valence electrons. The van der Waals surface area contributed by atoms with Crippen molar-refractivity contribution < 1.29 is 8.78 Å². The first-order valence-corrected chi connectivity index (χ1v) is 4.70. The number of halogens is 2. The summed E-state index contributed by atoms with van der Waals surface area (Å²) in [5, 5.41) is 6.94. The largest absolute Gasteiger partial charge is 0.301 e. The summed E-state index contributed by atoms with van der Waals surface area (Å²) in [5.74, 6) is 0. The minimum atomic E-state index is -2.27. The van der Waals surface area contributed by atoms with Crippen molar-refractivity contribution in [3.05, 3.63) is 18.0 Å². The Morgan fingerprint density at radius 2 is 2.36 bits per heavy atom. The molecule has 2 atom stereocenters. The summed E-state index contributed by atoms with van der Waals surface area (Å²) in [6.45, 7) is 0. The van der Waals surface area contributed by atoms with E-state index in [0.29, 0.717) is 6.42 Å². The van der Waals surface area contributed by atoms with Gasteiger partial charge in [0.1, 0.15) is 0 Å². The molecule has 1 aromatic heterocycles. The van der Waals surface area contributed by atoms with Crippen LogP contribution < -0.4 is 5.32 Å². The van der Waals surface area contributed by atoms with Gasteiger partial charge in [-0.3, -0.25) is 4.68 Å². The first-order chi connectivity index (χ1) is 6.68. The van der Waals surface area contributed by atoms with Crippen LogP contribution in [0.4, 0.5) is 8.78 Å². The average Bonchev–Trinajstić information content (AvgIpc) is 2.71. The van der Waals surface area contributed by atoms with E-state index < -0.39 is 12.5 Å². The molecule has 0 spiro atoms. The van der Waals surface area contributed by atoms with Crippen LogP contribution in [0.15, 0.2) is 12.3 Å². The van der Waals surface area contributed by atoms with Gasteiger partial charge in [-0.1, -0.05) is 0 Å². The number of aryl methyl sites for hydroxylation is 1. The SMILES string of the molecule is Cn1nccc1C1CCC(C(F)F)N1. The number of nitrogens with zero attached hydrogens (tertiary/aromatic N) is 2. The molecule has 2 heterocycles. The van der Waals surface area contributed by atoms with E-state index in [1.165, 1.54) is 0 Å². The van der Waals surface area contributed by atoms with Crippen molar-refractivity contribution in [2.75, 3.05) is 0 Å². The molecule has 0 amide bonds. The highest BCUT2D eigenvalue weighted by atomic mass is 19.3. The van der Waals surface area contributed by atoms with Gasteiger partial charge in [0, 0.05) is 19.3 Å². The molecule has 0 aliphatic carbocycles. The number of hydrogen-bond donors (Lipinski definition) is 1. The molecule has 0 aromatic carbocycles. The van der Waals surface area contributed by atoms with Crippen molar-refractivity contribution in [1.82, 2.24) is 15.1 Å². The van der Waals surface area contributed by atoms with E-state index in [-0.39, 0.29) is 6.04 Å². The highest BCUT2D eigenvalue weighted by Gasteiger charge is 2.31. The van der Waals surface area contributed by atoms with E-state index in [1.807, 2.05) is 13.1 Å². The van der Waals surface area contributed by atoms with Crippen LogP contribution in [0.2, 0.25) is 0 Å². The van der Waals surface area contributed by atoms with E-state index in [0.717, 1.165) is 12.1 Å². The van der Waals surface area contributed by atoms with Crippen LogP contribution in [0.3, 0.4) is 0 Å². The van der Waals surface area contributed by atoms with Gasteiger partial charge in [-0.05, 0) is 18.9 Å². The van der Waals surface area contributed by atoms with E-state index in [1.54, 1.807) is 10.9 Å². The van der Waals surface area contributed by atoms with Crippen molar-refractivity contribution in [2.45, 2.75) is 31.4 Å². The number of nitrogens with one attached hydrogen (secondary N) is 1. The molecule has 1 aliphatic heterocycles. The summed E-state index contributed by atoms with van der Waals surface area (Å²) < 4.78 is 26.5. The molecule has 0 radical (unpaired) electrons. The van der Waals surface area contributed by atoms with Crippen LogP contribution in [-0.4, -0.2) is 22.2 Å². The smallest absolute Gasteiger partial charge is 0.253 e.